The number of hydrogen-bond acceptors (Lipinski definition) is 8. The molecule has 2 aromatic carbocycles. The Labute approximate surface area is 199 Å². The summed E-state index contributed by atoms with van der Waals surface area (Å²) < 4.78 is 18.4. The Hall–Kier alpha value is -4.42. The van der Waals surface area contributed by atoms with Gasteiger partial charge in [0.25, 0.3) is 0 Å². The molecule has 0 fully saturated rings. The highest BCUT2D eigenvalue weighted by molar-refractivity contribution is 7.08. The molecular formula is C25H19N5O3S. The highest BCUT2D eigenvalue weighted by Crippen LogP contribution is 2.42. The fourth-order valence-electron chi connectivity index (χ4n) is 3.81. The highest BCUT2D eigenvalue weighted by Gasteiger charge is 2.22. The SMILES string of the molecule is COc1cc(-c2nc3ccccc3n3c(/N=C/c4ccsc4)c(C#N)nc23)cc(OC)c1OC. The minimum Gasteiger partial charge on any atom is -0.493 e. The lowest BCUT2D eigenvalue weighted by molar-refractivity contribution is 0.324. The first-order valence-corrected chi connectivity index (χ1v) is 11.2. The van der Waals surface area contributed by atoms with E-state index in [0.717, 1.165) is 16.6 Å². The van der Waals surface area contributed by atoms with Gasteiger partial charge in [0.2, 0.25) is 5.75 Å². The number of fused-ring (bicyclic) bond motifs is 3. The molecular weight excluding hydrogens is 450 g/mol. The zero-order chi connectivity index (χ0) is 23.7. The van der Waals surface area contributed by atoms with Gasteiger partial charge >= 0.3 is 0 Å². The molecule has 0 N–H and O–H groups in total. The van der Waals surface area contributed by atoms with E-state index >= 15 is 0 Å². The van der Waals surface area contributed by atoms with Gasteiger partial charge in [-0.2, -0.15) is 16.6 Å². The second kappa shape index (κ2) is 8.84. The Balaban J connectivity index is 1.85. The number of methoxy groups -OCH3 is 3. The van der Waals surface area contributed by atoms with Crippen molar-refractivity contribution < 1.29 is 14.2 Å². The Kier molecular flexibility index (Phi) is 5.57. The zero-order valence-electron chi connectivity index (χ0n) is 18.6. The van der Waals surface area contributed by atoms with Crippen molar-refractivity contribution in [3.8, 4) is 34.6 Å². The van der Waals surface area contributed by atoms with Crippen LogP contribution in [0.1, 0.15) is 11.3 Å². The van der Waals surface area contributed by atoms with Crippen LogP contribution in [-0.4, -0.2) is 41.9 Å². The number of para-hydroxylation sites is 2. The molecule has 0 saturated carbocycles. The fourth-order valence-corrected chi connectivity index (χ4v) is 4.42. The van der Waals surface area contributed by atoms with E-state index in [1.165, 1.54) is 0 Å². The molecule has 9 heteroatoms. The number of rotatable bonds is 6. The molecule has 0 saturated heterocycles. The Bertz CT molecular complexity index is 1560. The third-order valence-electron chi connectivity index (χ3n) is 5.34. The summed E-state index contributed by atoms with van der Waals surface area (Å²) in [5, 5.41) is 13.8. The van der Waals surface area contributed by atoms with Crippen LogP contribution in [0.25, 0.3) is 27.9 Å². The maximum Gasteiger partial charge on any atom is 0.203 e. The lowest BCUT2D eigenvalue weighted by Crippen LogP contribution is -1.99. The summed E-state index contributed by atoms with van der Waals surface area (Å²) in [5.41, 5.74) is 4.44. The maximum atomic E-state index is 9.87. The molecule has 8 nitrogen and oxygen atoms in total. The Morgan fingerprint density at radius 2 is 1.79 bits per heavy atom. The molecule has 34 heavy (non-hydrogen) atoms. The fraction of sp³-hybridized carbons (Fsp3) is 0.120. The van der Waals surface area contributed by atoms with Crippen LogP contribution in [0.3, 0.4) is 0 Å². The molecule has 5 rings (SSSR count). The standard InChI is InChI=1S/C25H19N5O3S/c1-31-20-10-16(11-21(32-2)23(20)33-3)22-25-29-18(12-26)24(27-13-15-8-9-34-14-15)30(25)19-7-5-4-6-17(19)28-22/h4-11,13-14H,1-3H3/b27-13+. The number of nitrogens with zero attached hydrogens (tertiary/aromatic N) is 5. The van der Waals surface area contributed by atoms with Crippen LogP contribution < -0.4 is 14.2 Å². The number of imidazole rings is 1. The van der Waals surface area contributed by atoms with E-state index in [1.54, 1.807) is 38.9 Å². The van der Waals surface area contributed by atoms with Crippen LogP contribution >= 0.6 is 11.3 Å². The first-order valence-electron chi connectivity index (χ1n) is 10.3. The predicted molar refractivity (Wildman–Crippen MR) is 132 cm³/mol. The van der Waals surface area contributed by atoms with Gasteiger partial charge in [-0.1, -0.05) is 12.1 Å². The van der Waals surface area contributed by atoms with E-state index in [2.05, 4.69) is 16.0 Å². The molecule has 0 aliphatic heterocycles. The van der Waals surface area contributed by atoms with Gasteiger partial charge in [0.05, 0.1) is 32.4 Å². The van der Waals surface area contributed by atoms with Gasteiger partial charge in [-0.3, -0.25) is 4.40 Å². The van der Waals surface area contributed by atoms with Gasteiger partial charge in [0.1, 0.15) is 11.8 Å². The number of nitriles is 1. The summed E-state index contributed by atoms with van der Waals surface area (Å²) in [7, 11) is 4.67. The largest absolute Gasteiger partial charge is 0.493 e. The number of hydrogen-bond donors (Lipinski definition) is 0. The molecule has 0 unspecified atom stereocenters. The summed E-state index contributed by atoms with van der Waals surface area (Å²) >= 11 is 1.58. The molecule has 0 aliphatic rings. The monoisotopic (exact) mass is 469 g/mol. The topological polar surface area (TPSA) is 94.0 Å². The second-order valence-corrected chi connectivity index (χ2v) is 8.01. The van der Waals surface area contributed by atoms with Crippen molar-refractivity contribution in [2.45, 2.75) is 0 Å². The first-order chi connectivity index (χ1) is 16.7. The average molecular weight is 470 g/mol. The third kappa shape index (κ3) is 3.50. The Morgan fingerprint density at radius 1 is 1.03 bits per heavy atom. The van der Waals surface area contributed by atoms with Crippen LogP contribution in [0.5, 0.6) is 17.2 Å². The van der Waals surface area contributed by atoms with E-state index in [4.69, 9.17) is 19.2 Å². The van der Waals surface area contributed by atoms with Crippen molar-refractivity contribution in [3.05, 3.63) is 64.5 Å². The van der Waals surface area contributed by atoms with Crippen molar-refractivity contribution in [2.75, 3.05) is 21.3 Å². The predicted octanol–water partition coefficient (Wildman–Crippen LogP) is 5.26. The van der Waals surface area contributed by atoms with Crippen LogP contribution in [0.15, 0.2) is 58.2 Å². The average Bonchev–Trinajstić information content (AvgIpc) is 3.53. The highest BCUT2D eigenvalue weighted by atomic mass is 32.1. The van der Waals surface area contributed by atoms with Crippen molar-refractivity contribution >= 4 is 40.0 Å². The molecule has 3 aromatic heterocycles. The van der Waals surface area contributed by atoms with E-state index < -0.39 is 0 Å². The molecule has 0 atom stereocenters. The second-order valence-electron chi connectivity index (χ2n) is 7.23. The van der Waals surface area contributed by atoms with Crippen molar-refractivity contribution in [1.29, 1.82) is 5.26 Å². The molecule has 0 aliphatic carbocycles. The quantitative estimate of drug-likeness (QED) is 0.315. The lowest BCUT2D eigenvalue weighted by Gasteiger charge is -2.15. The van der Waals surface area contributed by atoms with Gasteiger partial charge < -0.3 is 14.2 Å². The smallest absolute Gasteiger partial charge is 0.203 e. The van der Waals surface area contributed by atoms with Crippen LogP contribution in [0, 0.1) is 11.3 Å². The number of ether oxygens (including phenoxy) is 3. The summed E-state index contributed by atoms with van der Waals surface area (Å²) in [6, 6.07) is 15.4. The third-order valence-corrected chi connectivity index (χ3v) is 6.04. The summed E-state index contributed by atoms with van der Waals surface area (Å²) in [6.45, 7) is 0. The van der Waals surface area contributed by atoms with E-state index in [-0.39, 0.29) is 5.69 Å². The van der Waals surface area contributed by atoms with Gasteiger partial charge in [-0.15, -0.1) is 0 Å². The van der Waals surface area contributed by atoms with Gasteiger partial charge in [0, 0.05) is 17.3 Å². The van der Waals surface area contributed by atoms with E-state index in [9.17, 15) is 5.26 Å². The number of thiophene rings is 1. The molecule has 168 valence electrons. The zero-order valence-corrected chi connectivity index (χ0v) is 19.5. The van der Waals surface area contributed by atoms with Crippen LogP contribution in [-0.2, 0) is 0 Å². The summed E-state index contributed by atoms with van der Waals surface area (Å²) in [4.78, 5) is 14.2. The van der Waals surface area contributed by atoms with Crippen LogP contribution in [0.4, 0.5) is 5.82 Å². The molecule has 0 spiro atoms. The lowest BCUT2D eigenvalue weighted by atomic mass is 10.1. The molecule has 5 aromatic rings. The van der Waals surface area contributed by atoms with Crippen LogP contribution in [0.2, 0.25) is 0 Å². The number of benzene rings is 2. The molecule has 0 bridgehead atoms. The van der Waals surface area contributed by atoms with E-state index in [0.29, 0.717) is 40.0 Å². The minimum atomic E-state index is 0.207. The van der Waals surface area contributed by atoms with Gasteiger partial charge in [-0.25, -0.2) is 15.0 Å². The molecule has 3 heterocycles. The maximum absolute atomic E-state index is 9.87. The van der Waals surface area contributed by atoms with Gasteiger partial charge in [0.15, 0.2) is 28.7 Å². The first kappa shape index (κ1) is 21.4. The minimum absolute atomic E-state index is 0.207. The molecule has 0 radical (unpaired) electrons. The van der Waals surface area contributed by atoms with Crippen molar-refractivity contribution in [1.82, 2.24) is 14.4 Å². The summed E-state index contributed by atoms with van der Waals surface area (Å²) in [6.07, 6.45) is 1.73. The van der Waals surface area contributed by atoms with Crippen molar-refractivity contribution in [2.24, 2.45) is 4.99 Å². The number of aromatic nitrogens is 3. The van der Waals surface area contributed by atoms with Gasteiger partial charge in [-0.05, 0) is 41.1 Å². The summed E-state index contributed by atoms with van der Waals surface area (Å²) in [5.74, 6) is 1.91. The number of aliphatic imine (C=N–C) groups is 1. The molecule has 0 amide bonds. The van der Waals surface area contributed by atoms with E-state index in [1.807, 2.05) is 57.6 Å². The van der Waals surface area contributed by atoms with Crippen molar-refractivity contribution in [3.63, 3.8) is 0 Å². The Morgan fingerprint density at radius 3 is 2.44 bits per heavy atom. The normalized spacial score (nSPS) is 11.2.